The molecular weight excluding hydrogens is 568 g/mol. The monoisotopic (exact) mass is 608 g/mol. The van der Waals surface area contributed by atoms with Crippen LogP contribution in [0.3, 0.4) is 0 Å². The maximum Gasteiger partial charge on any atom is 0.247 e. The van der Waals surface area contributed by atoms with Crippen LogP contribution < -0.4 is 25.2 Å². The summed E-state index contributed by atoms with van der Waals surface area (Å²) >= 11 is 0. The number of carbonyl (C=O) groups is 2. The second kappa shape index (κ2) is 12.6. The van der Waals surface area contributed by atoms with Crippen LogP contribution in [-0.4, -0.2) is 79.1 Å². The molecule has 4 heterocycles. The van der Waals surface area contributed by atoms with E-state index in [1.165, 1.54) is 17.2 Å². The maximum atomic E-state index is 13.1. The first-order valence-electron chi connectivity index (χ1n) is 15.3. The number of hydrogen-bond donors (Lipinski definition) is 2. The number of nitrogens with zero attached hydrogens (tertiary/aromatic N) is 6. The molecule has 2 aromatic heterocycles. The van der Waals surface area contributed by atoms with Gasteiger partial charge in [-0.25, -0.2) is 9.97 Å². The molecule has 45 heavy (non-hydrogen) atoms. The Bertz CT molecular complexity index is 1780. The van der Waals surface area contributed by atoms with Gasteiger partial charge in [0.05, 0.1) is 40.9 Å². The molecule has 0 saturated carbocycles. The standard InChI is InChI=1S/C34H40N8O3/c1-6-29(43)36-25-20-26(28(45-5)21-27(25)40(4)19-18-39(2)3)38-34-35-15-14-24(37-34)31-23-12-7-10-22-11-8-17-42(32(22)23)33(31)41-16-9-13-30(41)44/h6-7,10,12,14-15,20-21H,1,8-9,11,13,16-19H2,2-5H3,(H,36,43)(H,35,37,38). The molecule has 234 valence electrons. The van der Waals surface area contributed by atoms with E-state index >= 15 is 0 Å². The van der Waals surface area contributed by atoms with E-state index in [9.17, 15) is 9.59 Å². The first-order valence-corrected chi connectivity index (χ1v) is 15.3. The second-order valence-corrected chi connectivity index (χ2v) is 11.8. The summed E-state index contributed by atoms with van der Waals surface area (Å²) in [6.07, 6.45) is 6.40. The van der Waals surface area contributed by atoms with E-state index < -0.39 is 0 Å². The van der Waals surface area contributed by atoms with Crippen LogP contribution in [0.2, 0.25) is 0 Å². The Labute approximate surface area is 263 Å². The number of anilines is 5. The third kappa shape index (κ3) is 5.83. The summed E-state index contributed by atoms with van der Waals surface area (Å²) < 4.78 is 8.10. The van der Waals surface area contributed by atoms with Crippen molar-refractivity contribution in [1.29, 1.82) is 0 Å². The predicted octanol–water partition coefficient (Wildman–Crippen LogP) is 5.05. The van der Waals surface area contributed by atoms with E-state index in [0.717, 1.165) is 67.0 Å². The van der Waals surface area contributed by atoms with Crippen molar-refractivity contribution in [2.45, 2.75) is 32.2 Å². The Morgan fingerprint density at radius 1 is 1.09 bits per heavy atom. The van der Waals surface area contributed by atoms with Gasteiger partial charge in [-0.2, -0.15) is 0 Å². The number of likely N-dealkylation sites (N-methyl/N-ethyl adjacent to an activating group) is 2. The Morgan fingerprint density at radius 2 is 1.91 bits per heavy atom. The fourth-order valence-corrected chi connectivity index (χ4v) is 6.31. The Balaban J connectivity index is 1.42. The molecule has 4 aromatic rings. The molecule has 2 aliphatic heterocycles. The topological polar surface area (TPSA) is 108 Å². The number of aromatic nitrogens is 3. The third-order valence-corrected chi connectivity index (χ3v) is 8.51. The lowest BCUT2D eigenvalue weighted by molar-refractivity contribution is -0.117. The van der Waals surface area contributed by atoms with E-state index in [2.05, 4.69) is 54.8 Å². The van der Waals surface area contributed by atoms with Crippen molar-refractivity contribution < 1.29 is 14.3 Å². The number of benzene rings is 2. The summed E-state index contributed by atoms with van der Waals surface area (Å²) in [5.41, 5.74) is 6.14. The highest BCUT2D eigenvalue weighted by Crippen LogP contribution is 2.45. The van der Waals surface area contributed by atoms with Gasteiger partial charge < -0.3 is 29.7 Å². The highest BCUT2D eigenvalue weighted by molar-refractivity contribution is 6.09. The molecule has 1 fully saturated rings. The Hall–Kier alpha value is -4.90. The minimum atomic E-state index is -0.316. The van der Waals surface area contributed by atoms with Crippen LogP contribution in [0.5, 0.6) is 5.75 Å². The average Bonchev–Trinajstić information content (AvgIpc) is 3.61. The number of nitrogens with one attached hydrogen (secondary N) is 2. The molecule has 0 spiro atoms. The number of aryl methyl sites for hydroxylation is 2. The molecule has 6 rings (SSSR count). The summed E-state index contributed by atoms with van der Waals surface area (Å²) in [5.74, 6) is 1.68. The van der Waals surface area contributed by atoms with Crippen LogP contribution in [0.1, 0.15) is 24.8 Å². The van der Waals surface area contributed by atoms with Gasteiger partial charge in [-0.1, -0.05) is 24.8 Å². The van der Waals surface area contributed by atoms with E-state index in [1.54, 1.807) is 13.3 Å². The van der Waals surface area contributed by atoms with E-state index in [1.807, 2.05) is 44.2 Å². The molecule has 2 aromatic carbocycles. The van der Waals surface area contributed by atoms with Crippen LogP contribution in [-0.2, 0) is 22.6 Å². The van der Waals surface area contributed by atoms with Crippen LogP contribution in [0, 0.1) is 0 Å². The van der Waals surface area contributed by atoms with Gasteiger partial charge in [0.1, 0.15) is 11.6 Å². The van der Waals surface area contributed by atoms with Crippen molar-refractivity contribution in [1.82, 2.24) is 19.4 Å². The van der Waals surface area contributed by atoms with E-state index in [-0.39, 0.29) is 11.8 Å². The Kier molecular flexibility index (Phi) is 8.44. The molecule has 11 nitrogen and oxygen atoms in total. The van der Waals surface area contributed by atoms with Gasteiger partial charge in [-0.05, 0) is 57.1 Å². The molecule has 0 radical (unpaired) electrons. The molecular formula is C34H40N8O3. The minimum absolute atomic E-state index is 0.143. The molecule has 2 aliphatic rings. The van der Waals surface area contributed by atoms with Crippen molar-refractivity contribution >= 4 is 51.5 Å². The fourth-order valence-electron chi connectivity index (χ4n) is 6.31. The lowest BCUT2D eigenvalue weighted by Gasteiger charge is -2.26. The normalized spacial score (nSPS) is 14.2. The van der Waals surface area contributed by atoms with Gasteiger partial charge in [0.25, 0.3) is 0 Å². The second-order valence-electron chi connectivity index (χ2n) is 11.8. The van der Waals surface area contributed by atoms with Crippen molar-refractivity contribution in [2.24, 2.45) is 0 Å². The first-order chi connectivity index (χ1) is 21.8. The summed E-state index contributed by atoms with van der Waals surface area (Å²) in [6.45, 7) is 6.73. The van der Waals surface area contributed by atoms with Crippen molar-refractivity contribution in [2.75, 3.05) is 68.3 Å². The molecule has 0 unspecified atom stereocenters. The van der Waals surface area contributed by atoms with Crippen LogP contribution in [0.15, 0.2) is 55.3 Å². The zero-order valence-corrected chi connectivity index (χ0v) is 26.4. The number of methoxy groups -OCH3 is 1. The van der Waals surface area contributed by atoms with Gasteiger partial charge in [0, 0.05) is 57.3 Å². The van der Waals surface area contributed by atoms with E-state index in [4.69, 9.17) is 9.72 Å². The highest BCUT2D eigenvalue weighted by atomic mass is 16.5. The van der Waals surface area contributed by atoms with E-state index in [0.29, 0.717) is 36.0 Å². The summed E-state index contributed by atoms with van der Waals surface area (Å²) in [6, 6.07) is 12.0. The van der Waals surface area contributed by atoms with Gasteiger partial charge in [0.2, 0.25) is 17.8 Å². The van der Waals surface area contributed by atoms with Crippen molar-refractivity contribution in [3.05, 3.63) is 60.8 Å². The third-order valence-electron chi connectivity index (χ3n) is 8.51. The van der Waals surface area contributed by atoms with Crippen molar-refractivity contribution in [3.63, 3.8) is 0 Å². The van der Waals surface area contributed by atoms with Gasteiger partial charge >= 0.3 is 0 Å². The van der Waals surface area contributed by atoms with Crippen LogP contribution in [0.4, 0.5) is 28.8 Å². The molecule has 2 amide bonds. The largest absolute Gasteiger partial charge is 0.494 e. The number of amides is 2. The van der Waals surface area contributed by atoms with Gasteiger partial charge in [-0.3, -0.25) is 14.5 Å². The van der Waals surface area contributed by atoms with Gasteiger partial charge in [0.15, 0.2) is 0 Å². The lowest BCUT2D eigenvalue weighted by atomic mass is 10.0. The quantitative estimate of drug-likeness (QED) is 0.228. The summed E-state index contributed by atoms with van der Waals surface area (Å²) in [4.78, 5) is 41.1. The number of hydrogen-bond acceptors (Lipinski definition) is 8. The van der Waals surface area contributed by atoms with Crippen LogP contribution in [0.25, 0.3) is 22.2 Å². The summed E-state index contributed by atoms with van der Waals surface area (Å²) in [7, 11) is 7.62. The number of ether oxygens (including phenoxy) is 1. The average molecular weight is 609 g/mol. The smallest absolute Gasteiger partial charge is 0.247 e. The van der Waals surface area contributed by atoms with Gasteiger partial charge in [-0.15, -0.1) is 0 Å². The zero-order valence-electron chi connectivity index (χ0n) is 26.4. The molecule has 2 N–H and O–H groups in total. The summed E-state index contributed by atoms with van der Waals surface area (Å²) in [5, 5.41) is 7.36. The predicted molar refractivity (Wildman–Crippen MR) is 180 cm³/mol. The molecule has 1 saturated heterocycles. The lowest BCUT2D eigenvalue weighted by Crippen LogP contribution is -2.29. The maximum absolute atomic E-state index is 13.1. The number of rotatable bonds is 11. The molecule has 0 aliphatic carbocycles. The minimum Gasteiger partial charge on any atom is -0.494 e. The number of carbonyl (C=O) groups excluding carboxylic acids is 2. The fraction of sp³-hybridized carbons (Fsp3) is 0.353. The highest BCUT2D eigenvalue weighted by Gasteiger charge is 2.32. The first kappa shape index (κ1) is 30.1. The Morgan fingerprint density at radius 3 is 2.64 bits per heavy atom. The number of para-hydroxylation sites is 1. The van der Waals surface area contributed by atoms with Crippen molar-refractivity contribution in [3.8, 4) is 17.0 Å². The zero-order chi connectivity index (χ0) is 31.7. The molecule has 11 heteroatoms. The SMILES string of the molecule is C=CC(=O)Nc1cc(Nc2nccc(-c3c(N4CCCC4=O)n4c5c(cccc35)CCC4)n2)c(OC)cc1N(C)CCN(C)C. The van der Waals surface area contributed by atoms with Crippen LogP contribution >= 0.6 is 0 Å². The molecule has 0 bridgehead atoms. The molecule has 0 atom stereocenters.